The van der Waals surface area contributed by atoms with Crippen molar-refractivity contribution in [2.24, 2.45) is 0 Å². The molecule has 7 nitrogen and oxygen atoms in total. The Kier molecular flexibility index (Phi) is 4.20. The zero-order valence-electron chi connectivity index (χ0n) is 13.3. The van der Waals surface area contributed by atoms with Crippen LogP contribution in [0.4, 0.5) is 5.82 Å². The highest BCUT2D eigenvalue weighted by Gasteiger charge is 2.27. The number of aliphatic hydroxyl groups excluding tert-OH is 1. The average Bonchev–Trinajstić information content (AvgIpc) is 3.17. The molecule has 0 aliphatic carbocycles. The normalized spacial score (nSPS) is 20.2. The lowest BCUT2D eigenvalue weighted by atomic mass is 10.1. The van der Waals surface area contributed by atoms with Crippen LogP contribution in [0.2, 0.25) is 5.15 Å². The quantitative estimate of drug-likeness (QED) is 0.692. The first-order chi connectivity index (χ1) is 12.1. The van der Waals surface area contributed by atoms with E-state index < -0.39 is 6.10 Å². The summed E-state index contributed by atoms with van der Waals surface area (Å²) in [7, 11) is 0. The van der Waals surface area contributed by atoms with Gasteiger partial charge in [0.2, 0.25) is 0 Å². The summed E-state index contributed by atoms with van der Waals surface area (Å²) in [5, 5.41) is 14.4. The van der Waals surface area contributed by atoms with Crippen LogP contribution >= 0.6 is 11.6 Å². The van der Waals surface area contributed by atoms with Crippen molar-refractivity contribution in [1.29, 1.82) is 0 Å². The molecule has 1 fully saturated rings. The molecular formula is C17H17ClN4O3. The van der Waals surface area contributed by atoms with Gasteiger partial charge in [0.15, 0.2) is 0 Å². The topological polar surface area (TPSA) is 94.9 Å². The Balaban J connectivity index is 1.66. The second kappa shape index (κ2) is 6.51. The summed E-state index contributed by atoms with van der Waals surface area (Å²) in [6, 6.07) is 7.38. The number of ether oxygens (including phenoxy) is 2. The van der Waals surface area contributed by atoms with Gasteiger partial charge >= 0.3 is 0 Å². The molecule has 0 saturated carbocycles. The van der Waals surface area contributed by atoms with Gasteiger partial charge in [0.25, 0.3) is 0 Å². The highest BCUT2D eigenvalue weighted by Crippen LogP contribution is 2.32. The van der Waals surface area contributed by atoms with Gasteiger partial charge in [-0.3, -0.25) is 0 Å². The van der Waals surface area contributed by atoms with E-state index in [0.717, 1.165) is 16.6 Å². The maximum atomic E-state index is 9.85. The maximum absolute atomic E-state index is 9.85. The summed E-state index contributed by atoms with van der Waals surface area (Å²) < 4.78 is 13.0. The van der Waals surface area contributed by atoms with Gasteiger partial charge in [-0.25, -0.2) is 9.50 Å². The number of anilines is 1. The van der Waals surface area contributed by atoms with Gasteiger partial charge in [-0.05, 0) is 30.2 Å². The Morgan fingerprint density at radius 1 is 1.40 bits per heavy atom. The lowest BCUT2D eigenvalue weighted by molar-refractivity contribution is 0.0110. The first-order valence-electron chi connectivity index (χ1n) is 7.93. The van der Waals surface area contributed by atoms with Crippen LogP contribution in [-0.4, -0.2) is 45.1 Å². The minimum Gasteiger partial charge on any atom is -0.489 e. The molecule has 0 spiro atoms. The van der Waals surface area contributed by atoms with E-state index in [-0.39, 0.29) is 12.7 Å². The van der Waals surface area contributed by atoms with Crippen molar-refractivity contribution in [2.75, 3.05) is 18.9 Å². The number of aromatic nitrogens is 3. The second-order valence-corrected chi connectivity index (χ2v) is 6.32. The smallest absolute Gasteiger partial charge is 0.146 e. The van der Waals surface area contributed by atoms with Crippen LogP contribution in [0.1, 0.15) is 6.42 Å². The van der Waals surface area contributed by atoms with E-state index in [9.17, 15) is 5.11 Å². The van der Waals surface area contributed by atoms with Crippen LogP contribution in [0.5, 0.6) is 5.75 Å². The predicted octanol–water partition coefficient (Wildman–Crippen LogP) is 2.16. The van der Waals surface area contributed by atoms with E-state index in [4.69, 9.17) is 26.8 Å². The van der Waals surface area contributed by atoms with E-state index in [0.29, 0.717) is 29.7 Å². The largest absolute Gasteiger partial charge is 0.489 e. The molecular weight excluding hydrogens is 344 g/mol. The highest BCUT2D eigenvalue weighted by molar-refractivity contribution is 6.29. The SMILES string of the molecule is Nc1cc2cc(-c3cc(Cl)ncc3OC[C@H]3OCC[C@@H]3O)ccn2n1. The Hall–Kier alpha value is -2.35. The summed E-state index contributed by atoms with van der Waals surface area (Å²) in [5.74, 6) is 1.03. The molecule has 1 aliphatic heterocycles. The summed E-state index contributed by atoms with van der Waals surface area (Å²) in [6.07, 6.45) is 3.19. The molecule has 1 aliphatic rings. The molecule has 3 aromatic rings. The third kappa shape index (κ3) is 3.26. The minimum atomic E-state index is -0.505. The number of rotatable bonds is 4. The van der Waals surface area contributed by atoms with Crippen LogP contribution in [0.25, 0.3) is 16.6 Å². The molecule has 0 aromatic carbocycles. The first kappa shape index (κ1) is 16.1. The summed E-state index contributed by atoms with van der Waals surface area (Å²) >= 11 is 6.07. The van der Waals surface area contributed by atoms with Gasteiger partial charge in [-0.15, -0.1) is 0 Å². The van der Waals surface area contributed by atoms with Crippen LogP contribution in [0.15, 0.2) is 36.7 Å². The average molecular weight is 361 g/mol. The number of aliphatic hydroxyl groups is 1. The number of nitrogens with zero attached hydrogens (tertiary/aromatic N) is 3. The summed E-state index contributed by atoms with van der Waals surface area (Å²) in [4.78, 5) is 4.10. The van der Waals surface area contributed by atoms with Gasteiger partial charge < -0.3 is 20.3 Å². The second-order valence-electron chi connectivity index (χ2n) is 5.93. The van der Waals surface area contributed by atoms with Gasteiger partial charge in [0, 0.05) is 24.4 Å². The van der Waals surface area contributed by atoms with Crippen LogP contribution in [-0.2, 0) is 4.74 Å². The van der Waals surface area contributed by atoms with Crippen molar-refractivity contribution in [3.8, 4) is 16.9 Å². The van der Waals surface area contributed by atoms with Crippen molar-refractivity contribution >= 4 is 22.9 Å². The fourth-order valence-electron chi connectivity index (χ4n) is 2.91. The molecule has 3 aromatic heterocycles. The molecule has 3 N–H and O–H groups in total. The van der Waals surface area contributed by atoms with Crippen LogP contribution in [0.3, 0.4) is 0 Å². The Morgan fingerprint density at radius 2 is 2.28 bits per heavy atom. The van der Waals surface area contributed by atoms with Crippen molar-refractivity contribution in [2.45, 2.75) is 18.6 Å². The third-order valence-corrected chi connectivity index (χ3v) is 4.41. The lowest BCUT2D eigenvalue weighted by Crippen LogP contribution is -2.28. The number of hydrogen-bond acceptors (Lipinski definition) is 6. The Bertz CT molecular complexity index is 914. The van der Waals surface area contributed by atoms with E-state index in [1.807, 2.05) is 18.3 Å². The number of pyridine rings is 2. The molecule has 0 radical (unpaired) electrons. The molecule has 0 unspecified atom stereocenters. The Morgan fingerprint density at radius 3 is 3.08 bits per heavy atom. The van der Waals surface area contributed by atoms with E-state index >= 15 is 0 Å². The minimum absolute atomic E-state index is 0.249. The molecule has 25 heavy (non-hydrogen) atoms. The van der Waals surface area contributed by atoms with E-state index in [2.05, 4.69) is 10.1 Å². The number of fused-ring (bicyclic) bond motifs is 1. The first-order valence-corrected chi connectivity index (χ1v) is 8.31. The van der Waals surface area contributed by atoms with Crippen molar-refractivity contribution in [1.82, 2.24) is 14.6 Å². The molecule has 2 atom stereocenters. The molecule has 4 rings (SSSR count). The fourth-order valence-corrected chi connectivity index (χ4v) is 3.07. The number of hydrogen-bond donors (Lipinski definition) is 2. The van der Waals surface area contributed by atoms with Crippen molar-refractivity contribution < 1.29 is 14.6 Å². The molecule has 0 bridgehead atoms. The van der Waals surface area contributed by atoms with Crippen LogP contribution < -0.4 is 10.5 Å². The van der Waals surface area contributed by atoms with Gasteiger partial charge in [0.05, 0.1) is 17.8 Å². The van der Waals surface area contributed by atoms with Gasteiger partial charge in [0.1, 0.15) is 29.4 Å². The summed E-state index contributed by atoms with van der Waals surface area (Å²) in [6.45, 7) is 0.791. The number of nitrogen functional groups attached to an aromatic ring is 1. The zero-order valence-corrected chi connectivity index (χ0v) is 14.1. The maximum Gasteiger partial charge on any atom is 0.146 e. The van der Waals surface area contributed by atoms with E-state index in [1.54, 1.807) is 22.8 Å². The van der Waals surface area contributed by atoms with Crippen molar-refractivity contribution in [3.05, 3.63) is 41.8 Å². The molecule has 4 heterocycles. The molecule has 8 heteroatoms. The number of halogens is 1. The van der Waals surface area contributed by atoms with E-state index in [1.165, 1.54) is 0 Å². The highest BCUT2D eigenvalue weighted by atomic mass is 35.5. The zero-order chi connectivity index (χ0) is 17.4. The molecule has 1 saturated heterocycles. The predicted molar refractivity (Wildman–Crippen MR) is 93.7 cm³/mol. The fraction of sp³-hybridized carbons (Fsp3) is 0.294. The lowest BCUT2D eigenvalue weighted by Gasteiger charge is -2.17. The van der Waals surface area contributed by atoms with Crippen molar-refractivity contribution in [3.63, 3.8) is 0 Å². The van der Waals surface area contributed by atoms with Gasteiger partial charge in [-0.2, -0.15) is 5.10 Å². The molecule has 0 amide bonds. The van der Waals surface area contributed by atoms with Gasteiger partial charge in [-0.1, -0.05) is 11.6 Å². The van der Waals surface area contributed by atoms with Crippen LogP contribution in [0, 0.1) is 0 Å². The third-order valence-electron chi connectivity index (χ3n) is 4.21. The standard InChI is InChI=1S/C17H17ClN4O3/c18-16-7-12(10-1-3-22-11(5-10)6-17(19)21-22)14(8-20-16)25-9-15-13(23)2-4-24-15/h1,3,5-8,13,15,23H,2,4,9H2,(H2,19,21)/t13-,15+/m0/s1. The monoisotopic (exact) mass is 360 g/mol. The Labute approximate surface area is 148 Å². The summed E-state index contributed by atoms with van der Waals surface area (Å²) in [5.41, 5.74) is 8.31. The molecule has 130 valence electrons. The number of nitrogens with two attached hydrogens (primary N) is 1.